The third-order valence-electron chi connectivity index (χ3n) is 18.2. The molecule has 5 aliphatic heterocycles. The molecule has 120 heavy (non-hydrogen) atoms. The summed E-state index contributed by atoms with van der Waals surface area (Å²) in [4.78, 5) is 41.3. The van der Waals surface area contributed by atoms with E-state index in [-0.39, 0.29) is 51.6 Å². The molecule has 32 heteroatoms. The number of pyridine rings is 5. The molecule has 28 nitrogen and oxygen atoms in total. The fourth-order valence-electron chi connectivity index (χ4n) is 12.9. The summed E-state index contributed by atoms with van der Waals surface area (Å²) in [7, 11) is -5.41. The predicted molar refractivity (Wildman–Crippen MR) is 471 cm³/mol. The molecule has 1 fully saturated rings. The normalized spacial score (nSPS) is 14.3. The first-order valence-electron chi connectivity index (χ1n) is 38.0. The van der Waals surface area contributed by atoms with Gasteiger partial charge in [0.25, 0.3) is 0 Å². The number of benzene rings is 6. The van der Waals surface area contributed by atoms with Gasteiger partial charge >= 0.3 is 0 Å². The average molecular weight is 1700 g/mol. The van der Waals surface area contributed by atoms with Crippen molar-refractivity contribution in [3.8, 4) is 40.6 Å². The Balaban J connectivity index is 0.000000167. The van der Waals surface area contributed by atoms with E-state index in [1.54, 1.807) is 73.4 Å². The number of hydrogen-bond acceptors (Lipinski definition) is 20. The lowest BCUT2D eigenvalue weighted by atomic mass is 10.0. The summed E-state index contributed by atoms with van der Waals surface area (Å²) in [5.74, 6) is 7.04. The minimum absolute atomic E-state index is 0. The van der Waals surface area contributed by atoms with Crippen molar-refractivity contribution in [3.05, 3.63) is 291 Å². The van der Waals surface area contributed by atoms with Crippen LogP contribution >= 0.6 is 0 Å². The Kier molecular flexibility index (Phi) is 31.4. The second-order valence-corrected chi connectivity index (χ2v) is 33.6. The van der Waals surface area contributed by atoms with Gasteiger partial charge in [0.1, 0.15) is 81.5 Å². The van der Waals surface area contributed by atoms with Gasteiger partial charge in [0, 0.05) is 81.6 Å². The summed E-state index contributed by atoms with van der Waals surface area (Å²) in [5.41, 5.74) is 17.4. The molecule has 1 aliphatic carbocycles. The number of nitrogens with zero attached hydrogens (tertiary/aromatic N) is 10. The van der Waals surface area contributed by atoms with Crippen molar-refractivity contribution in [1.82, 2.24) is 24.9 Å². The molecule has 4 atom stereocenters. The molecular formula is C88H94N14O14S4. The average Bonchev–Trinajstić information content (AvgIpc) is 1.65. The SMILES string of the molecule is CC(C)Oc1ccc2c(c1)C(c1ccnc(NS(=O)C3CC3)c1)=NC2.CC(C)Oc1ccc2c(c1)C(c1ccnc(NS(=O)Cc3ccccn3)c1)=NC2.CC(C)Oc1ccc2c(c1)C(c1ccnc(NS(=O)c3ccc4c(c3)OCCO4)c1)=NC2.CC(C)Oc1ccc2c(c1)C(c1ccnc(NS(=O)c3cccc(C#N)c3)c1)=NC2.O.O.O.O. The molecule has 4 unspecified atom stereocenters. The predicted octanol–water partition coefficient (Wildman–Crippen LogP) is 12.4. The first-order chi connectivity index (χ1) is 56.3. The van der Waals surface area contributed by atoms with E-state index in [9.17, 15) is 16.8 Å². The number of fused-ring (bicyclic) bond motifs is 5. The minimum atomic E-state index is -1.54. The lowest BCUT2D eigenvalue weighted by molar-refractivity contribution is 0.171. The lowest BCUT2D eigenvalue weighted by Gasteiger charge is -2.18. The number of aromatic nitrogens is 5. The molecule has 12 N–H and O–H groups in total. The maximum Gasteiger partial charge on any atom is 0.162 e. The van der Waals surface area contributed by atoms with E-state index in [1.807, 2.05) is 171 Å². The zero-order chi connectivity index (χ0) is 80.8. The van der Waals surface area contributed by atoms with Crippen LogP contribution in [0.2, 0.25) is 0 Å². The molecule has 6 aliphatic rings. The number of ether oxygens (including phenoxy) is 6. The summed E-state index contributed by atoms with van der Waals surface area (Å²) in [6.45, 7) is 19.6. The molecule has 0 saturated heterocycles. The van der Waals surface area contributed by atoms with Gasteiger partial charge in [0.2, 0.25) is 0 Å². The highest BCUT2D eigenvalue weighted by Gasteiger charge is 2.30. The third kappa shape index (κ3) is 23.4. The van der Waals surface area contributed by atoms with Gasteiger partial charge in [-0.1, -0.05) is 36.4 Å². The van der Waals surface area contributed by atoms with Gasteiger partial charge in [0.05, 0.1) is 112 Å². The fourth-order valence-corrected chi connectivity index (χ4v) is 16.5. The van der Waals surface area contributed by atoms with Gasteiger partial charge in [-0.15, -0.1) is 0 Å². The van der Waals surface area contributed by atoms with E-state index in [0.717, 1.165) is 120 Å². The quantitative estimate of drug-likeness (QED) is 0.0413. The molecule has 0 amide bonds. The van der Waals surface area contributed by atoms with Gasteiger partial charge in [0.15, 0.2) is 33.5 Å². The second-order valence-electron chi connectivity index (χ2n) is 28.5. The van der Waals surface area contributed by atoms with Crippen LogP contribution in [0.15, 0.2) is 243 Å². The Morgan fingerprint density at radius 3 is 1.16 bits per heavy atom. The Hall–Kier alpha value is -12.3. The molecule has 0 spiro atoms. The van der Waals surface area contributed by atoms with E-state index >= 15 is 0 Å². The van der Waals surface area contributed by atoms with Crippen LogP contribution in [-0.2, 0) is 75.9 Å². The van der Waals surface area contributed by atoms with Crippen LogP contribution in [0, 0.1) is 11.3 Å². The number of aliphatic imine (C=N–C) groups is 4. The number of anilines is 4. The summed E-state index contributed by atoms with van der Waals surface area (Å²) >= 11 is 0. The van der Waals surface area contributed by atoms with Gasteiger partial charge in [-0.25, -0.2) is 36.8 Å². The monoisotopic (exact) mass is 1700 g/mol. The van der Waals surface area contributed by atoms with Gasteiger partial charge in [-0.3, -0.25) is 43.8 Å². The van der Waals surface area contributed by atoms with E-state index in [1.165, 1.54) is 11.1 Å². The topological polar surface area (TPSA) is 435 Å². The molecule has 11 aromatic rings. The summed E-state index contributed by atoms with van der Waals surface area (Å²) in [6, 6.07) is 59.0. The molecular weight excluding hydrogens is 1610 g/mol. The van der Waals surface area contributed by atoms with Crippen LogP contribution < -0.4 is 47.3 Å². The zero-order valence-corrected chi connectivity index (χ0v) is 70.4. The molecule has 624 valence electrons. The van der Waals surface area contributed by atoms with E-state index in [2.05, 4.69) is 79.1 Å². The van der Waals surface area contributed by atoms with Crippen molar-refractivity contribution >= 4 is 90.1 Å². The largest absolute Gasteiger partial charge is 0.491 e. The summed E-state index contributed by atoms with van der Waals surface area (Å²) in [6.07, 6.45) is 11.0. The van der Waals surface area contributed by atoms with Crippen molar-refractivity contribution in [2.24, 2.45) is 20.0 Å². The highest BCUT2D eigenvalue weighted by molar-refractivity contribution is 7.87. The zero-order valence-electron chi connectivity index (χ0n) is 67.1. The molecule has 0 bridgehead atoms. The summed E-state index contributed by atoms with van der Waals surface area (Å²) < 4.78 is 96.3. The summed E-state index contributed by atoms with van der Waals surface area (Å²) in [5, 5.41) is 9.30. The van der Waals surface area contributed by atoms with Crippen LogP contribution in [0.5, 0.6) is 34.5 Å². The first-order valence-corrected chi connectivity index (χ1v) is 42.8. The Morgan fingerprint density at radius 2 is 0.783 bits per heavy atom. The smallest absolute Gasteiger partial charge is 0.162 e. The van der Waals surface area contributed by atoms with Crippen LogP contribution in [0.4, 0.5) is 23.3 Å². The van der Waals surface area contributed by atoms with Gasteiger partial charge in [-0.05, 0) is 230 Å². The van der Waals surface area contributed by atoms with E-state index in [0.29, 0.717) is 95.3 Å². The van der Waals surface area contributed by atoms with Crippen molar-refractivity contribution in [2.75, 3.05) is 32.1 Å². The Labute approximate surface area is 706 Å². The number of nitrogens with one attached hydrogen (secondary N) is 4. The maximum absolute atomic E-state index is 12.9. The van der Waals surface area contributed by atoms with Crippen molar-refractivity contribution in [1.29, 1.82) is 5.26 Å². The second kappa shape index (κ2) is 41.9. The standard InChI is InChI=1S/C24H23N3O4S.C23H20N4O2S.C22H22N4O2S.C19H21N3O2S.4H2O/c1-15(2)31-18-4-3-17-14-26-24(20(17)12-18)16-7-8-25-23(11-16)27-32(28)19-5-6-21-22(13-19)30-10-9-29-21;1-15(2)29-19-7-6-18-14-26-23(21(18)12-19)17-8-9-25-22(11-17)27-30(28)20-5-3-4-16(10-20)13-24;1-15(2)28-19-7-6-17-13-25-22(20(17)12-19)16-8-10-24-21(11-16)26-29(27)14-18-5-3-4-9-23-18;1-12(2)24-15-4-3-14-11-21-19(17(14)10-15)13-7-8-20-18(9-13)22-25(23)16-5-6-16;;;;/h3-8,11-13,15H,9-10,14H2,1-2H3,(H,25,27);3-12,15H,14H2,1-2H3,(H,25,27);3-12,15H,13-14H2,1-2H3,(H,24,26);3-4,7-10,12,16H,5-6,11H2,1-2H3,(H,20,22);4*1H2. The maximum atomic E-state index is 12.9. The van der Waals surface area contributed by atoms with E-state index < -0.39 is 43.9 Å². The Morgan fingerprint density at radius 1 is 0.400 bits per heavy atom. The van der Waals surface area contributed by atoms with Crippen LogP contribution in [0.3, 0.4) is 0 Å². The van der Waals surface area contributed by atoms with Crippen LogP contribution in [0.25, 0.3) is 0 Å². The third-order valence-corrected chi connectivity index (χ3v) is 22.8. The van der Waals surface area contributed by atoms with Gasteiger partial charge < -0.3 is 50.3 Å². The van der Waals surface area contributed by atoms with E-state index in [4.69, 9.17) is 48.7 Å². The number of rotatable bonds is 25. The molecule has 17 rings (SSSR count). The lowest BCUT2D eigenvalue weighted by Crippen LogP contribution is -2.16. The molecule has 0 radical (unpaired) electrons. The van der Waals surface area contributed by atoms with Crippen molar-refractivity contribution < 1.29 is 67.2 Å². The Bertz CT molecular complexity index is 5750. The van der Waals surface area contributed by atoms with Crippen molar-refractivity contribution in [3.63, 3.8) is 0 Å². The first kappa shape index (κ1) is 90.0. The van der Waals surface area contributed by atoms with Crippen molar-refractivity contribution in [2.45, 2.75) is 140 Å². The minimum Gasteiger partial charge on any atom is -0.491 e. The highest BCUT2D eigenvalue weighted by Crippen LogP contribution is 2.36. The van der Waals surface area contributed by atoms with Gasteiger partial charge in [-0.2, -0.15) is 5.26 Å². The fraction of sp³-hybridized carbons (Fsp3) is 0.250. The van der Waals surface area contributed by atoms with Crippen LogP contribution in [0.1, 0.15) is 146 Å². The number of hydrogen-bond donors (Lipinski definition) is 4. The molecule has 10 heterocycles. The highest BCUT2D eigenvalue weighted by atomic mass is 32.2. The number of nitriles is 1. The molecule has 1 saturated carbocycles. The molecule has 6 aromatic carbocycles. The van der Waals surface area contributed by atoms with Crippen LogP contribution in [-0.4, -0.2) is 129 Å². The molecule has 5 aromatic heterocycles.